The molecule has 4 N–H and O–H groups in total. The van der Waals surface area contributed by atoms with Gasteiger partial charge in [0.1, 0.15) is 17.5 Å². The van der Waals surface area contributed by atoms with Gasteiger partial charge in [-0.3, -0.25) is 29.1 Å². The van der Waals surface area contributed by atoms with Crippen molar-refractivity contribution in [3.63, 3.8) is 0 Å². The number of aromatic amines is 1. The number of aryl methyl sites for hydroxylation is 1. The summed E-state index contributed by atoms with van der Waals surface area (Å²) in [5, 5.41) is 18.5. The normalized spacial score (nSPS) is 21.0. The van der Waals surface area contributed by atoms with Gasteiger partial charge in [-0.2, -0.15) is 0 Å². The first kappa shape index (κ1) is 27.0. The Morgan fingerprint density at radius 2 is 2.11 bits per heavy atom. The molecule has 2 unspecified atom stereocenters. The average Bonchev–Trinajstić information content (AvgIpc) is 3.51. The number of hydrogen-bond donors (Lipinski definition) is 4. The third-order valence-corrected chi connectivity index (χ3v) is 6.97. The third-order valence-electron chi connectivity index (χ3n) is 6.97. The van der Waals surface area contributed by atoms with Crippen LogP contribution in [0.25, 0.3) is 0 Å². The maximum absolute atomic E-state index is 13.6. The molecule has 2 aromatic heterocycles. The highest BCUT2D eigenvalue weighted by molar-refractivity contribution is 5.93. The van der Waals surface area contributed by atoms with Gasteiger partial charge >= 0.3 is 5.97 Å². The maximum atomic E-state index is 13.6. The van der Waals surface area contributed by atoms with Crippen LogP contribution in [0.3, 0.4) is 0 Å². The summed E-state index contributed by atoms with van der Waals surface area (Å²) in [7, 11) is 0. The van der Waals surface area contributed by atoms with Crippen LogP contribution < -0.4 is 16.0 Å². The summed E-state index contributed by atoms with van der Waals surface area (Å²) in [5.74, 6) is -2.90. The van der Waals surface area contributed by atoms with Gasteiger partial charge in [0.05, 0.1) is 25.0 Å². The Hall–Kier alpha value is -4.03. The van der Waals surface area contributed by atoms with E-state index < -0.39 is 41.7 Å². The largest absolute Gasteiger partial charge is 0.466 e. The highest BCUT2D eigenvalue weighted by Crippen LogP contribution is 2.38. The minimum atomic E-state index is -0.943. The van der Waals surface area contributed by atoms with Gasteiger partial charge in [-0.25, -0.2) is 0 Å². The molecule has 4 rings (SSSR count). The van der Waals surface area contributed by atoms with Crippen molar-refractivity contribution in [1.29, 1.82) is 0 Å². The minimum Gasteiger partial charge on any atom is -0.466 e. The molecule has 1 aliphatic carbocycles. The van der Waals surface area contributed by atoms with E-state index in [4.69, 9.17) is 4.74 Å². The Labute approximate surface area is 219 Å². The predicted octanol–water partition coefficient (Wildman–Crippen LogP) is -0.126. The number of esters is 1. The fourth-order valence-electron chi connectivity index (χ4n) is 5.25. The Kier molecular flexibility index (Phi) is 8.54. The monoisotopic (exact) mass is 527 g/mol. The maximum Gasteiger partial charge on any atom is 0.305 e. The smallest absolute Gasteiger partial charge is 0.305 e. The van der Waals surface area contributed by atoms with E-state index in [-0.39, 0.29) is 44.1 Å². The fraction of sp³-hybridized carbons (Fsp3) is 0.560. The van der Waals surface area contributed by atoms with E-state index in [9.17, 15) is 24.0 Å². The van der Waals surface area contributed by atoms with Gasteiger partial charge in [-0.15, -0.1) is 5.10 Å². The topological polar surface area (TPSA) is 177 Å². The van der Waals surface area contributed by atoms with Crippen molar-refractivity contribution in [2.45, 2.75) is 77.0 Å². The number of aromatic nitrogens is 4. The highest BCUT2D eigenvalue weighted by Gasteiger charge is 2.42. The summed E-state index contributed by atoms with van der Waals surface area (Å²) >= 11 is 0. The van der Waals surface area contributed by atoms with Crippen molar-refractivity contribution in [2.24, 2.45) is 5.92 Å². The molecule has 2 aliphatic rings. The Bertz CT molecular complexity index is 1190. The summed E-state index contributed by atoms with van der Waals surface area (Å²) in [5.41, 5.74) is 2.43. The van der Waals surface area contributed by atoms with Crippen LogP contribution in [0, 0.1) is 5.92 Å². The zero-order valence-electron chi connectivity index (χ0n) is 21.5. The highest BCUT2D eigenvalue weighted by atomic mass is 16.5. The lowest BCUT2D eigenvalue weighted by Crippen LogP contribution is -2.52. The van der Waals surface area contributed by atoms with Crippen LogP contribution in [0.2, 0.25) is 0 Å². The van der Waals surface area contributed by atoms with Gasteiger partial charge in [0.25, 0.3) is 0 Å². The lowest BCUT2D eigenvalue weighted by molar-refractivity contribution is -0.143. The van der Waals surface area contributed by atoms with Crippen LogP contribution in [-0.2, 0) is 48.2 Å². The van der Waals surface area contributed by atoms with Crippen molar-refractivity contribution in [3.8, 4) is 0 Å². The number of Topliss-reactive ketones (excluding diaryl/α,β-unsaturated/α-hetero) is 1. The first-order valence-electron chi connectivity index (χ1n) is 12.8. The number of rotatable bonds is 10. The standard InChI is InChI=1S/C25H33N7O6/c1-3-38-21(35)7-6-19(28-14(2)33)25(37)29-18-5-4-15-8-9-32-13-16(10-20(34)22(18)23(15)32)24(36)26-11-17-12-27-31-30-17/h8-9,12,16,18-19,22H,3-7,10-11,13H2,1-2H3,(H,26,36)(H,28,33)(H,29,37)(H,27,30,31)/t16-,18-,19?,22?/m0/s1. The molecular weight excluding hydrogens is 494 g/mol. The molecule has 13 nitrogen and oxygen atoms in total. The van der Waals surface area contributed by atoms with Crippen LogP contribution in [0.4, 0.5) is 0 Å². The molecule has 0 saturated carbocycles. The number of carbonyl (C=O) groups is 5. The number of amides is 3. The molecule has 3 amide bonds. The second kappa shape index (κ2) is 12.0. The van der Waals surface area contributed by atoms with E-state index in [1.54, 1.807) is 13.1 Å². The number of nitrogens with one attached hydrogen (secondary N) is 4. The van der Waals surface area contributed by atoms with E-state index in [2.05, 4.69) is 31.4 Å². The summed E-state index contributed by atoms with van der Waals surface area (Å²) < 4.78 is 6.88. The molecule has 3 heterocycles. The van der Waals surface area contributed by atoms with Crippen molar-refractivity contribution in [1.82, 2.24) is 35.9 Å². The molecule has 0 bridgehead atoms. The van der Waals surface area contributed by atoms with Crippen molar-refractivity contribution in [3.05, 3.63) is 35.4 Å². The SMILES string of the molecule is CCOC(=O)CCC(NC(C)=O)C(=O)N[C@H]1CCc2ccn3c2C1C(=O)C[C@H](C(=O)NCc1c[nH]nn1)C3. The van der Waals surface area contributed by atoms with Crippen LogP contribution in [0.5, 0.6) is 0 Å². The molecule has 0 spiro atoms. The first-order chi connectivity index (χ1) is 18.3. The number of nitrogens with zero attached hydrogens (tertiary/aromatic N) is 3. The summed E-state index contributed by atoms with van der Waals surface area (Å²) in [6.07, 6.45) is 4.74. The number of ketones is 1. The molecule has 4 atom stereocenters. The average molecular weight is 528 g/mol. The zero-order chi connectivity index (χ0) is 27.2. The molecule has 13 heteroatoms. The van der Waals surface area contributed by atoms with Gasteiger partial charge in [0.2, 0.25) is 17.7 Å². The van der Waals surface area contributed by atoms with E-state index in [0.29, 0.717) is 25.1 Å². The summed E-state index contributed by atoms with van der Waals surface area (Å²) in [6, 6.07) is 0.510. The van der Waals surface area contributed by atoms with Crippen LogP contribution in [0.15, 0.2) is 18.5 Å². The predicted molar refractivity (Wildman–Crippen MR) is 132 cm³/mol. The molecule has 38 heavy (non-hydrogen) atoms. The summed E-state index contributed by atoms with van der Waals surface area (Å²) in [4.78, 5) is 63.3. The van der Waals surface area contributed by atoms with Gasteiger partial charge in [0.15, 0.2) is 0 Å². The second-order valence-corrected chi connectivity index (χ2v) is 9.66. The number of H-pyrrole nitrogens is 1. The number of carbonyl (C=O) groups excluding carboxylic acids is 5. The minimum absolute atomic E-state index is 0.0286. The Morgan fingerprint density at radius 1 is 1.29 bits per heavy atom. The van der Waals surface area contributed by atoms with Crippen molar-refractivity contribution < 1.29 is 28.7 Å². The van der Waals surface area contributed by atoms with E-state index >= 15 is 0 Å². The van der Waals surface area contributed by atoms with Crippen molar-refractivity contribution in [2.75, 3.05) is 6.61 Å². The molecule has 1 aliphatic heterocycles. The van der Waals surface area contributed by atoms with Gasteiger partial charge < -0.3 is 25.3 Å². The van der Waals surface area contributed by atoms with E-state index in [1.165, 1.54) is 6.92 Å². The number of hydrogen-bond acceptors (Lipinski definition) is 8. The quantitative estimate of drug-likeness (QED) is 0.309. The Morgan fingerprint density at radius 3 is 2.82 bits per heavy atom. The second-order valence-electron chi connectivity index (χ2n) is 9.66. The van der Waals surface area contributed by atoms with Crippen LogP contribution >= 0.6 is 0 Å². The van der Waals surface area contributed by atoms with Gasteiger partial charge in [-0.05, 0) is 37.8 Å². The lowest BCUT2D eigenvalue weighted by Gasteiger charge is -2.33. The number of ether oxygens (including phenoxy) is 1. The lowest BCUT2D eigenvalue weighted by atomic mass is 9.79. The van der Waals surface area contributed by atoms with Crippen molar-refractivity contribution >= 4 is 29.5 Å². The van der Waals surface area contributed by atoms with E-state index in [0.717, 1.165) is 11.3 Å². The molecule has 2 aromatic rings. The van der Waals surface area contributed by atoms with Gasteiger partial charge in [-0.1, -0.05) is 5.21 Å². The Balaban J connectivity index is 1.47. The molecule has 0 fully saturated rings. The molecule has 204 valence electrons. The van der Waals surface area contributed by atoms with Crippen LogP contribution in [-0.4, -0.2) is 68.1 Å². The molecule has 0 saturated heterocycles. The first-order valence-corrected chi connectivity index (χ1v) is 12.8. The molecular formula is C25H33N7O6. The fourth-order valence-corrected chi connectivity index (χ4v) is 5.25. The summed E-state index contributed by atoms with van der Waals surface area (Å²) in [6.45, 7) is 3.76. The molecule has 0 radical (unpaired) electrons. The van der Waals surface area contributed by atoms with E-state index in [1.807, 2.05) is 16.8 Å². The third kappa shape index (κ3) is 6.26. The van der Waals surface area contributed by atoms with Gasteiger partial charge in [0, 0.05) is 50.4 Å². The zero-order valence-corrected chi connectivity index (χ0v) is 21.5. The van der Waals surface area contributed by atoms with Crippen LogP contribution in [0.1, 0.15) is 62.4 Å². The molecule has 0 aromatic carbocycles.